The van der Waals surface area contributed by atoms with Crippen LogP contribution in [0.2, 0.25) is 36.3 Å². The van der Waals surface area contributed by atoms with Crippen molar-refractivity contribution >= 4 is 32.6 Å². The number of alkyl halides is 1. The summed E-state index contributed by atoms with van der Waals surface area (Å²) < 4.78 is 25.4. The molecule has 2 unspecified atom stereocenters. The van der Waals surface area contributed by atoms with E-state index in [9.17, 15) is 5.11 Å². The van der Waals surface area contributed by atoms with Crippen LogP contribution in [0.15, 0.2) is 23.3 Å². The van der Waals surface area contributed by atoms with Crippen LogP contribution in [0.5, 0.6) is 0 Å². The second kappa shape index (κ2) is 14.2. The van der Waals surface area contributed by atoms with Crippen LogP contribution >= 0.6 is 15.9 Å². The van der Waals surface area contributed by atoms with Gasteiger partial charge in [0.25, 0.3) is 0 Å². The van der Waals surface area contributed by atoms with Crippen molar-refractivity contribution in [2.24, 2.45) is 0 Å². The Morgan fingerprint density at radius 1 is 1.07 bits per heavy atom. The molecule has 226 valence electrons. The maximum atomic E-state index is 12.4. The van der Waals surface area contributed by atoms with Gasteiger partial charge in [0, 0.05) is 18.6 Å². The zero-order valence-electron chi connectivity index (χ0n) is 26.8. The Balaban J connectivity index is 2.46. The normalized spacial score (nSPS) is 26.5. The van der Waals surface area contributed by atoms with Crippen molar-refractivity contribution in [1.29, 1.82) is 0 Å². The lowest BCUT2D eigenvalue weighted by molar-refractivity contribution is -0.155. The minimum atomic E-state index is -2.28. The van der Waals surface area contributed by atoms with Crippen molar-refractivity contribution < 1.29 is 23.4 Å². The first kappa shape index (κ1) is 35.5. The van der Waals surface area contributed by atoms with E-state index < -0.39 is 34.4 Å². The summed E-state index contributed by atoms with van der Waals surface area (Å²) in [7, 11) is -4.48. The standard InChI is InChI=1S/C32H53BrO5Si2/c1-25(19-23-36-28-16-12-15-22-35-28)17-18-26-24-27(37-39(8,9)30(2,3)4)29(32(26,34)20-13-14-21-33)38-40(10,11)31(5,6)7/h19,24,27-29,34H,12,15-16,20-23H2,1-11H3/b25-19-/t27-,28?,29+,32?/m1/s1. The molecular formula is C32H53BrO5Si2. The van der Waals surface area contributed by atoms with Crippen LogP contribution in [0.3, 0.4) is 0 Å². The van der Waals surface area contributed by atoms with E-state index in [1.807, 2.05) is 19.1 Å². The molecule has 1 saturated heterocycles. The Morgan fingerprint density at radius 3 is 2.25 bits per heavy atom. The smallest absolute Gasteiger partial charge is 0.193 e. The highest BCUT2D eigenvalue weighted by Gasteiger charge is 2.55. The van der Waals surface area contributed by atoms with E-state index in [1.54, 1.807) is 0 Å². The molecule has 40 heavy (non-hydrogen) atoms. The van der Waals surface area contributed by atoms with Crippen LogP contribution in [-0.2, 0) is 18.3 Å². The summed E-state index contributed by atoms with van der Waals surface area (Å²) in [5.41, 5.74) is 0.117. The maximum absolute atomic E-state index is 12.4. The van der Waals surface area contributed by atoms with E-state index in [0.29, 0.717) is 17.5 Å². The average molecular weight is 654 g/mol. The van der Waals surface area contributed by atoms with Gasteiger partial charge >= 0.3 is 0 Å². The lowest BCUT2D eigenvalue weighted by Crippen LogP contribution is -2.57. The molecule has 1 N–H and O–H groups in total. The minimum Gasteiger partial charge on any atom is -0.408 e. The molecule has 0 spiro atoms. The van der Waals surface area contributed by atoms with Gasteiger partial charge in [0.15, 0.2) is 22.9 Å². The molecule has 0 aromatic carbocycles. The molecule has 4 atom stereocenters. The molecule has 0 aromatic rings. The molecule has 1 aliphatic carbocycles. The summed E-state index contributed by atoms with van der Waals surface area (Å²) in [5, 5.41) is 12.9. The van der Waals surface area contributed by atoms with Gasteiger partial charge in [0.2, 0.25) is 0 Å². The molecule has 0 amide bonds. The van der Waals surface area contributed by atoms with Gasteiger partial charge in [0.05, 0.1) is 18.0 Å². The number of hydrogen-bond acceptors (Lipinski definition) is 5. The van der Waals surface area contributed by atoms with Gasteiger partial charge in [0.1, 0.15) is 11.7 Å². The summed E-state index contributed by atoms with van der Waals surface area (Å²) in [6.45, 7) is 25.4. The van der Waals surface area contributed by atoms with Gasteiger partial charge in [-0.25, -0.2) is 0 Å². The largest absolute Gasteiger partial charge is 0.408 e. The Morgan fingerprint density at radius 2 is 1.70 bits per heavy atom. The highest BCUT2D eigenvalue weighted by molar-refractivity contribution is 9.09. The Kier molecular flexibility index (Phi) is 12.6. The quantitative estimate of drug-likeness (QED) is 0.165. The SMILES string of the molecule is C/C(C#CC1=C[C@@H](O[Si](C)(C)C(C)(C)C)[C@H](O[Si](C)(C)C(C)(C)C)C1(O)CC#CCBr)=C/COC1CCCCO1. The van der Waals surface area contributed by atoms with Crippen molar-refractivity contribution in [3.05, 3.63) is 23.3 Å². The molecule has 8 heteroatoms. The number of halogens is 1. The van der Waals surface area contributed by atoms with Crippen LogP contribution in [0.1, 0.15) is 74.1 Å². The molecular weight excluding hydrogens is 600 g/mol. The molecule has 2 rings (SSSR count). The molecule has 0 aromatic heterocycles. The van der Waals surface area contributed by atoms with Gasteiger partial charge < -0.3 is 23.4 Å². The number of rotatable bonds is 8. The number of allylic oxidation sites excluding steroid dienone is 1. The first-order valence-corrected chi connectivity index (χ1v) is 21.5. The summed E-state index contributed by atoms with van der Waals surface area (Å²) in [5.74, 6) is 12.8. The fourth-order valence-electron chi connectivity index (χ4n) is 4.02. The monoisotopic (exact) mass is 652 g/mol. The third-order valence-electron chi connectivity index (χ3n) is 8.78. The molecule has 0 radical (unpaired) electrons. The predicted molar refractivity (Wildman–Crippen MR) is 174 cm³/mol. The zero-order chi connectivity index (χ0) is 30.4. The fourth-order valence-corrected chi connectivity index (χ4v) is 6.76. The summed E-state index contributed by atoms with van der Waals surface area (Å²) in [6, 6.07) is 0. The van der Waals surface area contributed by atoms with Crippen molar-refractivity contribution in [2.75, 3.05) is 18.5 Å². The fraction of sp³-hybridized carbons (Fsp3) is 0.750. The molecule has 1 aliphatic heterocycles. The molecule has 0 saturated carbocycles. The van der Waals surface area contributed by atoms with E-state index in [1.165, 1.54) is 0 Å². The second-order valence-electron chi connectivity index (χ2n) is 14.1. The summed E-state index contributed by atoms with van der Waals surface area (Å²) in [6.07, 6.45) is 6.21. The third-order valence-corrected chi connectivity index (χ3v) is 18.0. The van der Waals surface area contributed by atoms with Crippen LogP contribution in [-0.4, -0.2) is 64.4 Å². The van der Waals surface area contributed by atoms with E-state index in [-0.39, 0.29) is 22.8 Å². The first-order chi connectivity index (χ1) is 18.3. The van der Waals surface area contributed by atoms with Crippen molar-refractivity contribution in [3.63, 3.8) is 0 Å². The summed E-state index contributed by atoms with van der Waals surface area (Å²) in [4.78, 5) is 0. The average Bonchev–Trinajstić information content (AvgIpc) is 3.07. The van der Waals surface area contributed by atoms with Gasteiger partial charge in [-0.2, -0.15) is 0 Å². The highest BCUT2D eigenvalue weighted by Crippen LogP contribution is 2.46. The highest BCUT2D eigenvalue weighted by atomic mass is 79.9. The first-order valence-electron chi connectivity index (χ1n) is 14.6. The lowest BCUT2D eigenvalue weighted by atomic mass is 9.89. The zero-order valence-corrected chi connectivity index (χ0v) is 30.4. The van der Waals surface area contributed by atoms with Crippen LogP contribution < -0.4 is 0 Å². The van der Waals surface area contributed by atoms with Gasteiger partial charge in [-0.3, -0.25) is 0 Å². The molecule has 0 bridgehead atoms. The van der Waals surface area contributed by atoms with Crippen molar-refractivity contribution in [2.45, 2.75) is 135 Å². The van der Waals surface area contributed by atoms with Crippen molar-refractivity contribution in [3.8, 4) is 23.7 Å². The van der Waals surface area contributed by atoms with E-state index >= 15 is 0 Å². The van der Waals surface area contributed by atoms with Crippen LogP contribution in [0.25, 0.3) is 0 Å². The van der Waals surface area contributed by atoms with Crippen LogP contribution in [0.4, 0.5) is 0 Å². The summed E-state index contributed by atoms with van der Waals surface area (Å²) >= 11 is 3.39. The number of hydrogen-bond donors (Lipinski definition) is 1. The molecule has 1 fully saturated rings. The van der Waals surface area contributed by atoms with Gasteiger partial charge in [-0.05, 0) is 80.2 Å². The maximum Gasteiger partial charge on any atom is 0.193 e. The second-order valence-corrected chi connectivity index (χ2v) is 24.2. The van der Waals surface area contributed by atoms with Crippen molar-refractivity contribution in [1.82, 2.24) is 0 Å². The number of ether oxygens (including phenoxy) is 2. The number of aliphatic hydroxyl groups is 1. The van der Waals surface area contributed by atoms with E-state index in [0.717, 1.165) is 31.4 Å². The third kappa shape index (κ3) is 9.41. The predicted octanol–water partition coefficient (Wildman–Crippen LogP) is 7.72. The lowest BCUT2D eigenvalue weighted by Gasteiger charge is -2.46. The van der Waals surface area contributed by atoms with E-state index in [4.69, 9.17) is 18.3 Å². The van der Waals surface area contributed by atoms with Gasteiger partial charge in [-0.1, -0.05) is 81.2 Å². The molecule has 2 aliphatic rings. The topological polar surface area (TPSA) is 57.2 Å². The molecule has 5 nitrogen and oxygen atoms in total. The minimum absolute atomic E-state index is 0.00600. The Hall–Kier alpha value is -0.686. The van der Waals surface area contributed by atoms with E-state index in [2.05, 4.69) is 107 Å². The van der Waals surface area contributed by atoms with Gasteiger partial charge in [-0.15, -0.1) is 0 Å². The molecule has 1 heterocycles. The Bertz CT molecular complexity index is 1040. The van der Waals surface area contributed by atoms with Crippen LogP contribution in [0, 0.1) is 23.7 Å². The Labute approximate surface area is 255 Å².